The fourth-order valence-electron chi connectivity index (χ4n) is 3.13. The molecule has 6 nitrogen and oxygen atoms in total. The van der Waals surface area contributed by atoms with Gasteiger partial charge in [0.25, 0.3) is 11.5 Å². The van der Waals surface area contributed by atoms with Crippen LogP contribution in [-0.4, -0.2) is 15.7 Å². The second-order valence-electron chi connectivity index (χ2n) is 7.18. The summed E-state index contributed by atoms with van der Waals surface area (Å²) in [6.07, 6.45) is 0. The van der Waals surface area contributed by atoms with Crippen molar-refractivity contribution in [2.24, 2.45) is 0 Å². The van der Waals surface area contributed by atoms with Crippen LogP contribution >= 0.6 is 11.6 Å². The molecule has 4 aromatic rings. The molecule has 0 aliphatic carbocycles. The van der Waals surface area contributed by atoms with Gasteiger partial charge in [-0.1, -0.05) is 53.6 Å². The maximum atomic E-state index is 12.5. The molecule has 1 aromatic heterocycles. The van der Waals surface area contributed by atoms with E-state index in [-0.39, 0.29) is 11.5 Å². The van der Waals surface area contributed by atoms with Gasteiger partial charge >= 0.3 is 0 Å². The zero-order valence-electron chi connectivity index (χ0n) is 17.3. The Morgan fingerprint density at radius 3 is 2.53 bits per heavy atom. The molecule has 1 heterocycles. The van der Waals surface area contributed by atoms with Gasteiger partial charge in [-0.3, -0.25) is 9.59 Å². The second kappa shape index (κ2) is 9.49. The number of aryl methyl sites for hydroxylation is 1. The average Bonchev–Trinajstić information content (AvgIpc) is 2.80. The Kier molecular flexibility index (Phi) is 6.33. The van der Waals surface area contributed by atoms with E-state index in [0.29, 0.717) is 34.4 Å². The Hall–Kier alpha value is -3.90. The van der Waals surface area contributed by atoms with Crippen LogP contribution in [0.4, 0.5) is 5.69 Å². The molecule has 0 saturated heterocycles. The van der Waals surface area contributed by atoms with Gasteiger partial charge in [0.2, 0.25) is 5.88 Å². The lowest BCUT2D eigenvalue weighted by Crippen LogP contribution is -2.20. The van der Waals surface area contributed by atoms with Crippen LogP contribution in [0.3, 0.4) is 0 Å². The van der Waals surface area contributed by atoms with E-state index in [4.69, 9.17) is 16.3 Å². The Morgan fingerprint density at radius 1 is 1.00 bits per heavy atom. The lowest BCUT2D eigenvalue weighted by atomic mass is 10.1. The topological polar surface area (TPSA) is 73.2 Å². The predicted octanol–water partition coefficient (Wildman–Crippen LogP) is 5.03. The second-order valence-corrected chi connectivity index (χ2v) is 7.59. The van der Waals surface area contributed by atoms with Crippen molar-refractivity contribution in [3.63, 3.8) is 0 Å². The number of carbonyl (C=O) groups is 1. The minimum absolute atomic E-state index is 0.304. The summed E-state index contributed by atoms with van der Waals surface area (Å²) < 4.78 is 6.99. The van der Waals surface area contributed by atoms with Crippen molar-refractivity contribution in [2.75, 3.05) is 5.32 Å². The lowest BCUT2D eigenvalue weighted by Gasteiger charge is -2.10. The highest BCUT2D eigenvalue weighted by atomic mass is 35.5. The summed E-state index contributed by atoms with van der Waals surface area (Å²) in [5.74, 6) is 0.0202. The molecule has 1 amide bonds. The van der Waals surface area contributed by atoms with Crippen LogP contribution in [0.25, 0.3) is 5.69 Å². The molecule has 160 valence electrons. The number of hydrogen-bond donors (Lipinski definition) is 1. The molecule has 32 heavy (non-hydrogen) atoms. The van der Waals surface area contributed by atoms with Crippen molar-refractivity contribution < 1.29 is 9.53 Å². The first-order valence-electron chi connectivity index (χ1n) is 9.95. The number of amides is 1. The molecule has 1 N–H and O–H groups in total. The van der Waals surface area contributed by atoms with Crippen molar-refractivity contribution in [2.45, 2.75) is 13.5 Å². The summed E-state index contributed by atoms with van der Waals surface area (Å²) >= 11 is 6.09. The number of nitrogens with one attached hydrogen (secondary N) is 1. The van der Waals surface area contributed by atoms with Gasteiger partial charge in [-0.15, -0.1) is 5.10 Å². The highest BCUT2D eigenvalue weighted by Crippen LogP contribution is 2.21. The average molecular weight is 446 g/mol. The highest BCUT2D eigenvalue weighted by molar-refractivity contribution is 6.33. The third kappa shape index (κ3) is 5.04. The van der Waals surface area contributed by atoms with E-state index in [1.807, 2.05) is 31.2 Å². The molecule has 0 aliphatic rings. The Labute approximate surface area is 190 Å². The van der Waals surface area contributed by atoms with Gasteiger partial charge in [0.1, 0.15) is 6.61 Å². The van der Waals surface area contributed by atoms with E-state index in [2.05, 4.69) is 10.4 Å². The zero-order chi connectivity index (χ0) is 22.5. The molecule has 0 atom stereocenters. The summed E-state index contributed by atoms with van der Waals surface area (Å²) in [5.41, 5.74) is 3.32. The molecular weight excluding hydrogens is 426 g/mol. The third-order valence-corrected chi connectivity index (χ3v) is 5.07. The Balaban J connectivity index is 1.49. The SMILES string of the molecule is Cc1cccc(COc2ccc(=O)n(-c3ccc(C(=O)Nc4ccccc4Cl)cc3)n2)c1. The number of hydrogen-bond acceptors (Lipinski definition) is 4. The van der Waals surface area contributed by atoms with Crippen molar-refractivity contribution in [1.82, 2.24) is 9.78 Å². The van der Waals surface area contributed by atoms with Gasteiger partial charge < -0.3 is 10.1 Å². The first-order chi connectivity index (χ1) is 15.5. The van der Waals surface area contributed by atoms with Gasteiger partial charge in [0.05, 0.1) is 16.4 Å². The molecule has 7 heteroatoms. The van der Waals surface area contributed by atoms with Crippen LogP contribution in [0.1, 0.15) is 21.5 Å². The monoisotopic (exact) mass is 445 g/mol. The summed E-state index contributed by atoms with van der Waals surface area (Å²) in [5, 5.41) is 7.52. The quantitative estimate of drug-likeness (QED) is 0.452. The number of rotatable bonds is 6. The first kappa shape index (κ1) is 21.3. The molecule has 3 aromatic carbocycles. The molecule has 0 spiro atoms. The molecule has 0 saturated carbocycles. The number of para-hydroxylation sites is 1. The normalized spacial score (nSPS) is 10.6. The van der Waals surface area contributed by atoms with Crippen LogP contribution in [0.2, 0.25) is 5.02 Å². The molecule has 0 fully saturated rings. The van der Waals surface area contributed by atoms with Crippen molar-refractivity contribution in [3.05, 3.63) is 117 Å². The van der Waals surface area contributed by atoms with E-state index in [1.165, 1.54) is 10.7 Å². The van der Waals surface area contributed by atoms with E-state index in [1.54, 1.807) is 54.6 Å². The van der Waals surface area contributed by atoms with Gasteiger partial charge in [-0.05, 0) is 48.9 Å². The van der Waals surface area contributed by atoms with E-state index < -0.39 is 0 Å². The Bertz CT molecular complexity index is 1320. The van der Waals surface area contributed by atoms with Crippen LogP contribution in [0.15, 0.2) is 89.7 Å². The molecule has 0 bridgehead atoms. The molecule has 0 aliphatic heterocycles. The number of halogens is 1. The minimum atomic E-state index is -0.305. The Morgan fingerprint density at radius 2 is 1.78 bits per heavy atom. The molecule has 0 unspecified atom stereocenters. The smallest absolute Gasteiger partial charge is 0.271 e. The fourth-order valence-corrected chi connectivity index (χ4v) is 3.31. The number of aromatic nitrogens is 2. The summed E-state index contributed by atoms with van der Waals surface area (Å²) in [6, 6.07) is 24.5. The fraction of sp³-hybridized carbons (Fsp3) is 0.0800. The number of ether oxygens (including phenoxy) is 1. The van der Waals surface area contributed by atoms with Gasteiger partial charge in [0, 0.05) is 17.7 Å². The van der Waals surface area contributed by atoms with Crippen LogP contribution in [-0.2, 0) is 6.61 Å². The van der Waals surface area contributed by atoms with Crippen molar-refractivity contribution >= 4 is 23.2 Å². The minimum Gasteiger partial charge on any atom is -0.472 e. The van der Waals surface area contributed by atoms with Gasteiger partial charge in [-0.2, -0.15) is 4.68 Å². The van der Waals surface area contributed by atoms with E-state index >= 15 is 0 Å². The highest BCUT2D eigenvalue weighted by Gasteiger charge is 2.10. The lowest BCUT2D eigenvalue weighted by molar-refractivity contribution is 0.102. The van der Waals surface area contributed by atoms with Crippen molar-refractivity contribution in [1.29, 1.82) is 0 Å². The largest absolute Gasteiger partial charge is 0.472 e. The van der Waals surface area contributed by atoms with Crippen LogP contribution < -0.4 is 15.6 Å². The molecular formula is C25H20ClN3O3. The summed E-state index contributed by atoms with van der Waals surface area (Å²) in [6.45, 7) is 2.36. The summed E-state index contributed by atoms with van der Waals surface area (Å²) in [7, 11) is 0. The van der Waals surface area contributed by atoms with Crippen molar-refractivity contribution in [3.8, 4) is 11.6 Å². The maximum Gasteiger partial charge on any atom is 0.271 e. The van der Waals surface area contributed by atoms with Gasteiger partial charge in [0.15, 0.2) is 0 Å². The summed E-state index contributed by atoms with van der Waals surface area (Å²) in [4.78, 5) is 24.8. The van der Waals surface area contributed by atoms with Gasteiger partial charge in [-0.25, -0.2) is 0 Å². The zero-order valence-corrected chi connectivity index (χ0v) is 18.0. The molecule has 4 rings (SSSR count). The third-order valence-electron chi connectivity index (χ3n) is 4.74. The standard InChI is InChI=1S/C25H20ClN3O3/c1-17-5-4-6-18(15-17)16-32-23-13-14-24(30)29(28-23)20-11-9-19(10-12-20)25(31)27-22-8-3-2-7-21(22)26/h2-15H,16H2,1H3,(H,27,31). The van der Waals surface area contributed by atoms with E-state index in [9.17, 15) is 9.59 Å². The van der Waals surface area contributed by atoms with Crippen LogP contribution in [0.5, 0.6) is 5.88 Å². The first-order valence-corrected chi connectivity index (χ1v) is 10.3. The maximum absolute atomic E-state index is 12.5. The number of nitrogens with zero attached hydrogens (tertiary/aromatic N) is 2. The number of anilines is 1. The van der Waals surface area contributed by atoms with Crippen LogP contribution in [0, 0.1) is 6.92 Å². The molecule has 0 radical (unpaired) electrons. The van der Waals surface area contributed by atoms with E-state index in [0.717, 1.165) is 11.1 Å². The number of benzene rings is 3. The number of carbonyl (C=O) groups excluding carboxylic acids is 1. The predicted molar refractivity (Wildman–Crippen MR) is 125 cm³/mol.